The van der Waals surface area contributed by atoms with Gasteiger partial charge in [0.15, 0.2) is 23.6 Å². The maximum atomic E-state index is 12.8. The summed E-state index contributed by atoms with van der Waals surface area (Å²) in [6.45, 7) is -1.28. The molecule has 236 valence electrons. The van der Waals surface area contributed by atoms with Crippen molar-refractivity contribution in [3.8, 4) is 28.7 Å². The van der Waals surface area contributed by atoms with Crippen molar-refractivity contribution in [3.63, 3.8) is 0 Å². The Morgan fingerprint density at radius 1 is 0.744 bits per heavy atom. The number of phenolic OH excluding ortho intramolecular Hbond substituents is 3. The van der Waals surface area contributed by atoms with E-state index in [0.717, 1.165) is 6.07 Å². The molecule has 2 aromatic rings. The Kier molecular flexibility index (Phi) is 8.96. The third kappa shape index (κ3) is 6.07. The van der Waals surface area contributed by atoms with E-state index in [4.69, 9.17) is 23.7 Å². The minimum atomic E-state index is -1.82. The minimum Gasteiger partial charge on any atom is -0.507 e. The van der Waals surface area contributed by atoms with E-state index in [2.05, 4.69) is 0 Å². The second kappa shape index (κ2) is 12.4. The van der Waals surface area contributed by atoms with Crippen LogP contribution in [0.5, 0.6) is 28.7 Å². The molecule has 2 aromatic carbocycles. The number of carbonyl (C=O) groups is 1. The average Bonchev–Trinajstić information content (AvgIpc) is 2.97. The highest BCUT2D eigenvalue weighted by atomic mass is 16.7. The molecule has 0 amide bonds. The van der Waals surface area contributed by atoms with E-state index in [-0.39, 0.29) is 29.2 Å². The first-order chi connectivity index (χ1) is 20.4. The van der Waals surface area contributed by atoms with Crippen LogP contribution in [0.2, 0.25) is 0 Å². The Hall–Kier alpha value is -3.29. The predicted octanol–water partition coefficient (Wildman–Crippen LogP) is -2.49. The largest absolute Gasteiger partial charge is 0.507 e. The number of hydrogen-bond donors (Lipinski definition) is 10. The van der Waals surface area contributed by atoms with Crippen molar-refractivity contribution >= 4 is 5.78 Å². The van der Waals surface area contributed by atoms with Gasteiger partial charge in [0.05, 0.1) is 19.6 Å². The van der Waals surface area contributed by atoms with E-state index in [1.54, 1.807) is 0 Å². The highest BCUT2D eigenvalue weighted by molar-refractivity contribution is 6.02. The lowest BCUT2D eigenvalue weighted by molar-refractivity contribution is -0.323. The molecule has 5 rings (SSSR count). The fourth-order valence-corrected chi connectivity index (χ4v) is 5.09. The van der Waals surface area contributed by atoms with Crippen molar-refractivity contribution in [2.45, 2.75) is 73.9 Å². The van der Waals surface area contributed by atoms with Crippen LogP contribution in [0.3, 0.4) is 0 Å². The van der Waals surface area contributed by atoms with Gasteiger partial charge in [-0.1, -0.05) is 6.07 Å². The zero-order valence-corrected chi connectivity index (χ0v) is 22.3. The Morgan fingerprint density at radius 2 is 1.40 bits per heavy atom. The van der Waals surface area contributed by atoms with Crippen LogP contribution in [0.4, 0.5) is 0 Å². The molecule has 10 N–H and O–H groups in total. The van der Waals surface area contributed by atoms with Gasteiger partial charge in [-0.25, -0.2) is 0 Å². The van der Waals surface area contributed by atoms with E-state index in [1.165, 1.54) is 24.3 Å². The van der Waals surface area contributed by atoms with Crippen molar-refractivity contribution in [2.24, 2.45) is 0 Å². The zero-order chi connectivity index (χ0) is 31.2. The number of ketones is 1. The van der Waals surface area contributed by atoms with Gasteiger partial charge < -0.3 is 74.7 Å². The van der Waals surface area contributed by atoms with E-state index >= 15 is 0 Å². The van der Waals surface area contributed by atoms with Crippen LogP contribution < -0.4 is 9.47 Å². The summed E-state index contributed by atoms with van der Waals surface area (Å²) in [6, 6.07) is 6.18. The number of carbonyl (C=O) groups excluding carboxylic acids is 1. The number of Topliss-reactive ketones (excluding diaryl/α,β-unsaturated/α-hetero) is 1. The Morgan fingerprint density at radius 3 is 2.07 bits per heavy atom. The number of ether oxygens (including phenoxy) is 5. The molecular weight excluding hydrogens is 580 g/mol. The number of fused-ring (bicyclic) bond motifs is 1. The summed E-state index contributed by atoms with van der Waals surface area (Å²) >= 11 is 0. The summed E-state index contributed by atoms with van der Waals surface area (Å²) in [4.78, 5) is 12.8. The predicted molar refractivity (Wildman–Crippen MR) is 137 cm³/mol. The Balaban J connectivity index is 1.30. The van der Waals surface area contributed by atoms with Gasteiger partial charge in [-0.2, -0.15) is 0 Å². The number of aliphatic hydroxyl groups excluding tert-OH is 7. The number of aromatic hydroxyl groups is 3. The van der Waals surface area contributed by atoms with Gasteiger partial charge in [-0.05, 0) is 17.7 Å². The van der Waals surface area contributed by atoms with E-state index < -0.39 is 98.0 Å². The molecule has 16 heteroatoms. The second-order valence-electron chi connectivity index (χ2n) is 10.5. The summed E-state index contributed by atoms with van der Waals surface area (Å²) in [6.07, 6.45) is -17.4. The first-order valence-corrected chi connectivity index (χ1v) is 13.3. The highest BCUT2D eigenvalue weighted by Gasteiger charge is 2.48. The smallest absolute Gasteiger partial charge is 0.229 e. The van der Waals surface area contributed by atoms with Gasteiger partial charge in [0.1, 0.15) is 77.7 Å². The van der Waals surface area contributed by atoms with Gasteiger partial charge >= 0.3 is 0 Å². The molecule has 3 aliphatic heterocycles. The number of benzene rings is 2. The summed E-state index contributed by atoms with van der Waals surface area (Å²) in [7, 11) is 0. The van der Waals surface area contributed by atoms with Crippen LogP contribution in [0.1, 0.15) is 28.4 Å². The molecule has 0 aromatic heterocycles. The maximum absolute atomic E-state index is 12.8. The van der Waals surface area contributed by atoms with Crippen molar-refractivity contribution in [1.29, 1.82) is 0 Å². The van der Waals surface area contributed by atoms with E-state index in [0.29, 0.717) is 5.56 Å². The minimum absolute atomic E-state index is 0.0998. The van der Waals surface area contributed by atoms with Gasteiger partial charge in [0.2, 0.25) is 6.29 Å². The summed E-state index contributed by atoms with van der Waals surface area (Å²) in [5, 5.41) is 101. The van der Waals surface area contributed by atoms with Crippen molar-refractivity contribution < 1.29 is 79.5 Å². The first-order valence-electron chi connectivity index (χ1n) is 13.3. The van der Waals surface area contributed by atoms with Crippen molar-refractivity contribution in [3.05, 3.63) is 41.5 Å². The molecule has 0 bridgehead atoms. The maximum Gasteiger partial charge on any atom is 0.229 e. The Bertz CT molecular complexity index is 1320. The van der Waals surface area contributed by atoms with Crippen LogP contribution >= 0.6 is 0 Å². The SMILES string of the molecule is O=C1CC(c2ccc(O)c(O)c2)Oc2cc(O[C@@H]3O[C@H](CO[C@H]4O[C@H](CO)[C@@H](O)[C@H](O)[C@H]4O)[C@@H](O)[C@H](O)[C@H]3O)cc(O)c21. The highest BCUT2D eigenvalue weighted by Crippen LogP contribution is 2.43. The fourth-order valence-electron chi connectivity index (χ4n) is 5.09. The summed E-state index contributed by atoms with van der Waals surface area (Å²) in [5.41, 5.74) is 0.225. The standard InChI is InChI=1S/C27H32O16/c28-7-17-20(33)22(35)24(37)26(42-17)39-8-18-21(34)23(36)25(38)27(43-18)40-10-4-13(31)19-14(32)6-15(41-16(19)5-10)9-1-2-11(29)12(30)3-9/h1-5,15,17-18,20-31,33-38H,6-8H2/t15?,17-,18-,20-,21-,22+,23+,24-,25-,26+,27-/m1/s1. The lowest BCUT2D eigenvalue weighted by Crippen LogP contribution is -2.62. The zero-order valence-electron chi connectivity index (χ0n) is 22.3. The third-order valence-electron chi connectivity index (χ3n) is 7.54. The molecule has 2 fully saturated rings. The normalized spacial score (nSPS) is 36.1. The fraction of sp³-hybridized carbons (Fsp3) is 0.519. The molecule has 11 atom stereocenters. The number of rotatable bonds is 7. The van der Waals surface area contributed by atoms with Crippen LogP contribution in [0.25, 0.3) is 0 Å². The number of hydrogen-bond acceptors (Lipinski definition) is 16. The second-order valence-corrected chi connectivity index (χ2v) is 10.5. The summed E-state index contributed by atoms with van der Waals surface area (Å²) in [5.74, 6) is -2.06. The van der Waals surface area contributed by atoms with Gasteiger partial charge in [0.25, 0.3) is 0 Å². The van der Waals surface area contributed by atoms with Crippen molar-refractivity contribution in [2.75, 3.05) is 13.2 Å². The first kappa shape index (κ1) is 31.1. The number of aliphatic hydroxyl groups is 7. The van der Waals surface area contributed by atoms with Gasteiger partial charge in [-0.3, -0.25) is 4.79 Å². The van der Waals surface area contributed by atoms with E-state index in [1.807, 2.05) is 0 Å². The van der Waals surface area contributed by atoms with Gasteiger partial charge in [0, 0.05) is 12.1 Å². The van der Waals surface area contributed by atoms with Crippen LogP contribution in [0.15, 0.2) is 30.3 Å². The Labute approximate surface area is 243 Å². The van der Waals surface area contributed by atoms with Crippen LogP contribution in [0, 0.1) is 0 Å². The molecule has 0 spiro atoms. The molecule has 3 heterocycles. The molecular formula is C27H32O16. The lowest BCUT2D eigenvalue weighted by atomic mass is 9.95. The molecule has 2 saturated heterocycles. The monoisotopic (exact) mass is 612 g/mol. The van der Waals surface area contributed by atoms with E-state index in [9.17, 15) is 55.9 Å². The topological polar surface area (TPSA) is 266 Å². The average molecular weight is 613 g/mol. The number of phenols is 3. The van der Waals surface area contributed by atoms with Gasteiger partial charge in [-0.15, -0.1) is 0 Å². The molecule has 43 heavy (non-hydrogen) atoms. The molecule has 0 saturated carbocycles. The molecule has 3 aliphatic rings. The third-order valence-corrected chi connectivity index (χ3v) is 7.54. The molecule has 1 unspecified atom stereocenters. The quantitative estimate of drug-likeness (QED) is 0.145. The van der Waals surface area contributed by atoms with Crippen molar-refractivity contribution in [1.82, 2.24) is 0 Å². The van der Waals surface area contributed by atoms with Crippen LogP contribution in [-0.2, 0) is 14.2 Å². The molecule has 0 aliphatic carbocycles. The molecule has 0 radical (unpaired) electrons. The van der Waals surface area contributed by atoms with Crippen LogP contribution in [-0.4, -0.2) is 131 Å². The summed E-state index contributed by atoms with van der Waals surface area (Å²) < 4.78 is 27.7. The lowest BCUT2D eigenvalue weighted by Gasteiger charge is -2.42. The molecule has 16 nitrogen and oxygen atoms in total.